The zero-order chi connectivity index (χ0) is 11.8. The standard InChI is InChI=1S/C13H14FN3/c14-9-5-2-6-10-12(9)13(15)17-11(16-10)7-8-3-1-4-8/h2,5-6,8H,1,3-4,7H2,(H2,15,16,17). The van der Waals surface area contributed by atoms with Gasteiger partial charge in [0, 0.05) is 6.42 Å². The van der Waals surface area contributed by atoms with E-state index in [0.717, 1.165) is 12.2 Å². The molecule has 1 aliphatic rings. The number of rotatable bonds is 2. The van der Waals surface area contributed by atoms with Crippen LogP contribution in [-0.2, 0) is 6.42 Å². The number of benzene rings is 1. The molecule has 1 heterocycles. The lowest BCUT2D eigenvalue weighted by Crippen LogP contribution is -2.16. The van der Waals surface area contributed by atoms with Crippen LogP contribution in [0.3, 0.4) is 0 Å². The Bertz CT molecular complexity index is 564. The van der Waals surface area contributed by atoms with E-state index in [4.69, 9.17) is 5.73 Å². The molecule has 1 aliphatic carbocycles. The molecule has 1 aromatic heterocycles. The van der Waals surface area contributed by atoms with Crippen LogP contribution in [0.15, 0.2) is 18.2 Å². The summed E-state index contributed by atoms with van der Waals surface area (Å²) < 4.78 is 13.6. The summed E-state index contributed by atoms with van der Waals surface area (Å²) in [5.41, 5.74) is 6.41. The fourth-order valence-electron chi connectivity index (χ4n) is 2.26. The van der Waals surface area contributed by atoms with Gasteiger partial charge in [-0.3, -0.25) is 0 Å². The number of fused-ring (bicyclic) bond motifs is 1. The van der Waals surface area contributed by atoms with E-state index < -0.39 is 0 Å². The Morgan fingerprint density at radius 3 is 2.82 bits per heavy atom. The molecule has 17 heavy (non-hydrogen) atoms. The van der Waals surface area contributed by atoms with Gasteiger partial charge in [0.2, 0.25) is 0 Å². The van der Waals surface area contributed by atoms with E-state index in [9.17, 15) is 4.39 Å². The van der Waals surface area contributed by atoms with Crippen LogP contribution in [-0.4, -0.2) is 9.97 Å². The van der Waals surface area contributed by atoms with Crippen molar-refractivity contribution >= 4 is 16.7 Å². The molecular weight excluding hydrogens is 217 g/mol. The van der Waals surface area contributed by atoms with Gasteiger partial charge in [-0.15, -0.1) is 0 Å². The number of nitrogens with two attached hydrogens (primary N) is 1. The quantitative estimate of drug-likeness (QED) is 0.864. The van der Waals surface area contributed by atoms with Gasteiger partial charge in [0.25, 0.3) is 0 Å². The van der Waals surface area contributed by atoms with Crippen LogP contribution in [0.4, 0.5) is 10.2 Å². The highest BCUT2D eigenvalue weighted by Crippen LogP contribution is 2.30. The van der Waals surface area contributed by atoms with Gasteiger partial charge in [0.15, 0.2) is 0 Å². The minimum atomic E-state index is -0.352. The number of halogens is 1. The number of hydrogen-bond acceptors (Lipinski definition) is 3. The van der Waals surface area contributed by atoms with E-state index in [1.54, 1.807) is 12.1 Å². The Morgan fingerprint density at radius 1 is 1.29 bits per heavy atom. The summed E-state index contributed by atoms with van der Waals surface area (Å²) in [6.45, 7) is 0. The minimum Gasteiger partial charge on any atom is -0.383 e. The Kier molecular flexibility index (Phi) is 2.42. The molecule has 0 unspecified atom stereocenters. The van der Waals surface area contributed by atoms with Gasteiger partial charge < -0.3 is 5.73 Å². The Morgan fingerprint density at radius 2 is 2.12 bits per heavy atom. The molecule has 1 fully saturated rings. The molecule has 0 aliphatic heterocycles. The molecule has 0 atom stereocenters. The van der Waals surface area contributed by atoms with Crippen LogP contribution in [0.2, 0.25) is 0 Å². The Labute approximate surface area is 98.9 Å². The van der Waals surface area contributed by atoms with E-state index in [1.807, 2.05) is 0 Å². The van der Waals surface area contributed by atoms with Crippen molar-refractivity contribution in [1.82, 2.24) is 9.97 Å². The molecule has 3 rings (SSSR count). The van der Waals surface area contributed by atoms with Gasteiger partial charge in [-0.2, -0.15) is 0 Å². The van der Waals surface area contributed by atoms with E-state index >= 15 is 0 Å². The van der Waals surface area contributed by atoms with Crippen molar-refractivity contribution in [3.63, 3.8) is 0 Å². The first-order valence-electron chi connectivity index (χ1n) is 5.94. The smallest absolute Gasteiger partial charge is 0.138 e. The SMILES string of the molecule is Nc1nc(CC2CCC2)nc2cccc(F)c12. The highest BCUT2D eigenvalue weighted by atomic mass is 19.1. The fraction of sp³-hybridized carbons (Fsp3) is 0.385. The van der Waals surface area contributed by atoms with Crippen molar-refractivity contribution < 1.29 is 4.39 Å². The maximum atomic E-state index is 13.6. The summed E-state index contributed by atoms with van der Waals surface area (Å²) in [5, 5.41) is 0.338. The Balaban J connectivity index is 2.04. The average molecular weight is 231 g/mol. The van der Waals surface area contributed by atoms with Gasteiger partial charge in [-0.1, -0.05) is 25.3 Å². The van der Waals surface area contributed by atoms with Crippen LogP contribution < -0.4 is 5.73 Å². The molecule has 88 valence electrons. The number of hydrogen-bond donors (Lipinski definition) is 1. The van der Waals surface area contributed by atoms with E-state index in [0.29, 0.717) is 16.8 Å². The first kappa shape index (κ1) is 10.4. The summed E-state index contributed by atoms with van der Waals surface area (Å²) >= 11 is 0. The van der Waals surface area contributed by atoms with Crippen molar-refractivity contribution in [2.75, 3.05) is 5.73 Å². The van der Waals surface area contributed by atoms with Crippen molar-refractivity contribution in [2.45, 2.75) is 25.7 Å². The second kappa shape index (κ2) is 3.95. The molecule has 1 aromatic carbocycles. The number of nitrogens with zero attached hydrogens (tertiary/aromatic N) is 2. The molecule has 4 heteroatoms. The lowest BCUT2D eigenvalue weighted by atomic mass is 9.83. The molecule has 1 saturated carbocycles. The molecule has 0 amide bonds. The number of nitrogen functional groups attached to an aromatic ring is 1. The third kappa shape index (κ3) is 1.84. The summed E-state index contributed by atoms with van der Waals surface area (Å²) in [4.78, 5) is 8.60. The van der Waals surface area contributed by atoms with Crippen LogP contribution >= 0.6 is 0 Å². The maximum absolute atomic E-state index is 13.6. The summed E-state index contributed by atoms with van der Waals surface area (Å²) in [7, 11) is 0. The first-order chi connectivity index (χ1) is 8.24. The minimum absolute atomic E-state index is 0.252. The lowest BCUT2D eigenvalue weighted by Gasteiger charge is -2.24. The normalized spacial score (nSPS) is 16.1. The maximum Gasteiger partial charge on any atom is 0.138 e. The summed E-state index contributed by atoms with van der Waals surface area (Å²) in [6.07, 6.45) is 4.63. The van der Waals surface area contributed by atoms with Gasteiger partial charge in [-0.25, -0.2) is 14.4 Å². The third-order valence-corrected chi connectivity index (χ3v) is 3.44. The number of aromatic nitrogens is 2. The van der Waals surface area contributed by atoms with Gasteiger partial charge in [0.1, 0.15) is 17.5 Å². The van der Waals surface area contributed by atoms with E-state index in [-0.39, 0.29) is 11.6 Å². The molecule has 2 aromatic rings. The molecule has 3 nitrogen and oxygen atoms in total. The second-order valence-electron chi connectivity index (χ2n) is 4.66. The first-order valence-corrected chi connectivity index (χ1v) is 5.94. The molecule has 2 N–H and O–H groups in total. The zero-order valence-electron chi connectivity index (χ0n) is 9.49. The lowest BCUT2D eigenvalue weighted by molar-refractivity contribution is 0.309. The van der Waals surface area contributed by atoms with Crippen LogP contribution in [0.1, 0.15) is 25.1 Å². The van der Waals surface area contributed by atoms with Crippen molar-refractivity contribution in [3.8, 4) is 0 Å². The van der Waals surface area contributed by atoms with E-state index in [1.165, 1.54) is 25.3 Å². The van der Waals surface area contributed by atoms with Crippen LogP contribution in [0, 0.1) is 11.7 Å². The highest BCUT2D eigenvalue weighted by molar-refractivity contribution is 5.88. The summed E-state index contributed by atoms with van der Waals surface area (Å²) in [5.74, 6) is 1.32. The van der Waals surface area contributed by atoms with Crippen molar-refractivity contribution in [3.05, 3.63) is 29.8 Å². The molecular formula is C13H14FN3. The van der Waals surface area contributed by atoms with Crippen molar-refractivity contribution in [1.29, 1.82) is 0 Å². The average Bonchev–Trinajstić information content (AvgIpc) is 2.23. The molecule has 0 radical (unpaired) electrons. The third-order valence-electron chi connectivity index (χ3n) is 3.44. The molecule has 0 bridgehead atoms. The monoisotopic (exact) mass is 231 g/mol. The second-order valence-corrected chi connectivity index (χ2v) is 4.66. The zero-order valence-corrected chi connectivity index (χ0v) is 9.49. The van der Waals surface area contributed by atoms with Gasteiger partial charge in [-0.05, 0) is 18.1 Å². The number of anilines is 1. The van der Waals surface area contributed by atoms with E-state index in [2.05, 4.69) is 9.97 Å². The summed E-state index contributed by atoms with van der Waals surface area (Å²) in [6, 6.07) is 4.81. The molecule has 0 spiro atoms. The predicted octanol–water partition coefficient (Wildman–Crippen LogP) is 2.69. The van der Waals surface area contributed by atoms with Gasteiger partial charge >= 0.3 is 0 Å². The van der Waals surface area contributed by atoms with Crippen LogP contribution in [0.5, 0.6) is 0 Å². The molecule has 0 saturated heterocycles. The predicted molar refractivity (Wildman–Crippen MR) is 65.0 cm³/mol. The highest BCUT2D eigenvalue weighted by Gasteiger charge is 2.20. The largest absolute Gasteiger partial charge is 0.383 e. The Hall–Kier alpha value is -1.71. The fourth-order valence-corrected chi connectivity index (χ4v) is 2.26. The topological polar surface area (TPSA) is 51.8 Å². The van der Waals surface area contributed by atoms with Crippen LogP contribution in [0.25, 0.3) is 10.9 Å². The van der Waals surface area contributed by atoms with Crippen molar-refractivity contribution in [2.24, 2.45) is 5.92 Å². The van der Waals surface area contributed by atoms with Gasteiger partial charge in [0.05, 0.1) is 10.9 Å².